The van der Waals surface area contributed by atoms with E-state index in [0.717, 1.165) is 51.9 Å². The summed E-state index contributed by atoms with van der Waals surface area (Å²) in [5, 5.41) is 0. The standard InChI is InChI=1S/C15H28N2O2/c1-17(10-13-6-5-9-19-11-13)14(18)15(12-16)7-3-2-4-8-15/h13H,2-12,16H2,1H3. The summed E-state index contributed by atoms with van der Waals surface area (Å²) in [5.41, 5.74) is 5.66. The molecule has 1 unspecified atom stereocenters. The second-order valence-electron chi connectivity index (χ2n) is 6.31. The van der Waals surface area contributed by atoms with Gasteiger partial charge in [0.15, 0.2) is 0 Å². The van der Waals surface area contributed by atoms with E-state index in [-0.39, 0.29) is 11.3 Å². The van der Waals surface area contributed by atoms with Gasteiger partial charge in [0, 0.05) is 26.7 Å². The van der Waals surface area contributed by atoms with Crippen molar-refractivity contribution in [2.75, 3.05) is 33.4 Å². The lowest BCUT2D eigenvalue weighted by atomic mass is 9.73. The minimum atomic E-state index is -0.275. The van der Waals surface area contributed by atoms with Crippen LogP contribution in [0.3, 0.4) is 0 Å². The Labute approximate surface area is 116 Å². The van der Waals surface area contributed by atoms with Crippen LogP contribution in [0.25, 0.3) is 0 Å². The molecular weight excluding hydrogens is 240 g/mol. The van der Waals surface area contributed by atoms with Crippen molar-refractivity contribution in [2.45, 2.75) is 44.9 Å². The molecule has 1 amide bonds. The van der Waals surface area contributed by atoms with E-state index in [2.05, 4.69) is 0 Å². The average molecular weight is 268 g/mol. The van der Waals surface area contributed by atoms with Crippen molar-refractivity contribution in [2.24, 2.45) is 17.1 Å². The van der Waals surface area contributed by atoms with Gasteiger partial charge in [0.25, 0.3) is 0 Å². The minimum Gasteiger partial charge on any atom is -0.381 e. The number of nitrogens with zero attached hydrogens (tertiary/aromatic N) is 1. The summed E-state index contributed by atoms with van der Waals surface area (Å²) in [6.45, 7) is 2.99. The zero-order valence-corrected chi connectivity index (χ0v) is 12.2. The van der Waals surface area contributed by atoms with Crippen LogP contribution in [-0.2, 0) is 9.53 Å². The fourth-order valence-electron chi connectivity index (χ4n) is 3.56. The predicted octanol–water partition coefficient (Wildman–Crippen LogP) is 1.78. The molecule has 2 fully saturated rings. The van der Waals surface area contributed by atoms with Crippen LogP contribution >= 0.6 is 0 Å². The Morgan fingerprint density at radius 2 is 2.05 bits per heavy atom. The molecule has 0 aromatic carbocycles. The fraction of sp³-hybridized carbons (Fsp3) is 0.933. The van der Waals surface area contributed by atoms with E-state index in [9.17, 15) is 4.79 Å². The molecule has 1 heterocycles. The molecule has 0 radical (unpaired) electrons. The normalized spacial score (nSPS) is 26.9. The van der Waals surface area contributed by atoms with Crippen molar-refractivity contribution in [1.29, 1.82) is 0 Å². The molecule has 1 saturated carbocycles. The predicted molar refractivity (Wildman–Crippen MR) is 75.8 cm³/mol. The fourth-order valence-corrected chi connectivity index (χ4v) is 3.56. The lowest BCUT2D eigenvalue weighted by Crippen LogP contribution is -2.49. The number of ether oxygens (including phenoxy) is 1. The molecule has 110 valence electrons. The number of amides is 1. The van der Waals surface area contributed by atoms with Crippen molar-refractivity contribution in [3.05, 3.63) is 0 Å². The number of carbonyl (C=O) groups excluding carboxylic acids is 1. The molecule has 1 aliphatic heterocycles. The van der Waals surface area contributed by atoms with Crippen LogP contribution in [-0.4, -0.2) is 44.2 Å². The van der Waals surface area contributed by atoms with Gasteiger partial charge in [-0.05, 0) is 31.6 Å². The van der Waals surface area contributed by atoms with Crippen LogP contribution in [0.1, 0.15) is 44.9 Å². The van der Waals surface area contributed by atoms with Crippen molar-refractivity contribution in [3.63, 3.8) is 0 Å². The summed E-state index contributed by atoms with van der Waals surface area (Å²) in [5.74, 6) is 0.765. The van der Waals surface area contributed by atoms with Gasteiger partial charge in [-0.15, -0.1) is 0 Å². The van der Waals surface area contributed by atoms with E-state index >= 15 is 0 Å². The van der Waals surface area contributed by atoms with E-state index in [4.69, 9.17) is 10.5 Å². The quantitative estimate of drug-likeness (QED) is 0.845. The highest BCUT2D eigenvalue weighted by Gasteiger charge is 2.40. The van der Waals surface area contributed by atoms with Gasteiger partial charge in [0.2, 0.25) is 5.91 Å². The molecule has 1 atom stereocenters. The van der Waals surface area contributed by atoms with Gasteiger partial charge in [0.1, 0.15) is 0 Å². The average Bonchev–Trinajstić information content (AvgIpc) is 2.48. The Balaban J connectivity index is 1.92. The molecule has 1 saturated heterocycles. The SMILES string of the molecule is CN(CC1CCCOC1)C(=O)C1(CN)CCCCC1. The second-order valence-corrected chi connectivity index (χ2v) is 6.31. The summed E-state index contributed by atoms with van der Waals surface area (Å²) in [6.07, 6.45) is 7.76. The van der Waals surface area contributed by atoms with Crippen molar-refractivity contribution >= 4 is 5.91 Å². The Kier molecular flexibility index (Phi) is 5.22. The first-order valence-electron chi connectivity index (χ1n) is 7.71. The number of rotatable bonds is 4. The summed E-state index contributed by atoms with van der Waals surface area (Å²) >= 11 is 0. The van der Waals surface area contributed by atoms with Crippen molar-refractivity contribution < 1.29 is 9.53 Å². The third-order valence-electron chi connectivity index (χ3n) is 4.79. The molecule has 0 bridgehead atoms. The minimum absolute atomic E-state index is 0.264. The van der Waals surface area contributed by atoms with Gasteiger partial charge in [-0.1, -0.05) is 19.3 Å². The molecule has 1 aliphatic carbocycles. The number of nitrogens with two attached hydrogens (primary N) is 1. The van der Waals surface area contributed by atoms with Gasteiger partial charge < -0.3 is 15.4 Å². The van der Waals surface area contributed by atoms with Gasteiger partial charge in [-0.25, -0.2) is 0 Å². The maximum Gasteiger partial charge on any atom is 0.229 e. The maximum atomic E-state index is 12.7. The molecule has 0 aromatic heterocycles. The summed E-state index contributed by atoms with van der Waals surface area (Å²) < 4.78 is 5.50. The second kappa shape index (κ2) is 6.71. The van der Waals surface area contributed by atoms with Gasteiger partial charge in [0.05, 0.1) is 12.0 Å². The Morgan fingerprint density at radius 1 is 1.32 bits per heavy atom. The zero-order valence-electron chi connectivity index (χ0n) is 12.2. The van der Waals surface area contributed by atoms with Crippen molar-refractivity contribution in [3.8, 4) is 0 Å². The van der Waals surface area contributed by atoms with Crippen LogP contribution in [0.15, 0.2) is 0 Å². The zero-order chi connectivity index (χ0) is 13.7. The Bertz CT molecular complexity index is 295. The first kappa shape index (κ1) is 14.8. The van der Waals surface area contributed by atoms with Gasteiger partial charge >= 0.3 is 0 Å². The largest absolute Gasteiger partial charge is 0.381 e. The summed E-state index contributed by atoms with van der Waals surface area (Å²) in [4.78, 5) is 14.6. The van der Waals surface area contributed by atoms with Crippen LogP contribution in [0.4, 0.5) is 0 Å². The first-order valence-corrected chi connectivity index (χ1v) is 7.71. The Morgan fingerprint density at radius 3 is 2.63 bits per heavy atom. The molecule has 4 heteroatoms. The molecule has 19 heavy (non-hydrogen) atoms. The summed E-state index contributed by atoms with van der Waals surface area (Å²) in [6, 6.07) is 0. The van der Waals surface area contributed by atoms with E-state index in [1.165, 1.54) is 12.8 Å². The Hall–Kier alpha value is -0.610. The summed E-state index contributed by atoms with van der Waals surface area (Å²) in [7, 11) is 1.93. The van der Waals surface area contributed by atoms with E-state index in [1.807, 2.05) is 11.9 Å². The molecule has 0 spiro atoms. The number of carbonyl (C=O) groups is 1. The van der Waals surface area contributed by atoms with E-state index in [1.54, 1.807) is 0 Å². The van der Waals surface area contributed by atoms with E-state index in [0.29, 0.717) is 12.5 Å². The maximum absolute atomic E-state index is 12.7. The lowest BCUT2D eigenvalue weighted by molar-refractivity contribution is -0.143. The van der Waals surface area contributed by atoms with Crippen molar-refractivity contribution in [1.82, 2.24) is 4.90 Å². The lowest BCUT2D eigenvalue weighted by Gasteiger charge is -2.39. The molecule has 2 aliphatic rings. The van der Waals surface area contributed by atoms with Crippen LogP contribution in [0, 0.1) is 11.3 Å². The molecule has 0 aromatic rings. The number of hydrogen-bond acceptors (Lipinski definition) is 3. The van der Waals surface area contributed by atoms with Crippen LogP contribution in [0.5, 0.6) is 0 Å². The third kappa shape index (κ3) is 3.48. The topological polar surface area (TPSA) is 55.6 Å². The molecular formula is C15H28N2O2. The molecule has 4 nitrogen and oxygen atoms in total. The third-order valence-corrected chi connectivity index (χ3v) is 4.79. The van der Waals surface area contributed by atoms with Gasteiger partial charge in [-0.3, -0.25) is 4.79 Å². The number of hydrogen-bond donors (Lipinski definition) is 1. The smallest absolute Gasteiger partial charge is 0.229 e. The van der Waals surface area contributed by atoms with Gasteiger partial charge in [-0.2, -0.15) is 0 Å². The van der Waals surface area contributed by atoms with Crippen LogP contribution < -0.4 is 5.73 Å². The monoisotopic (exact) mass is 268 g/mol. The highest BCUT2D eigenvalue weighted by atomic mass is 16.5. The first-order chi connectivity index (χ1) is 9.18. The highest BCUT2D eigenvalue weighted by molar-refractivity contribution is 5.83. The van der Waals surface area contributed by atoms with Crippen LogP contribution in [0.2, 0.25) is 0 Å². The molecule has 2 N–H and O–H groups in total. The highest BCUT2D eigenvalue weighted by Crippen LogP contribution is 2.37. The molecule has 2 rings (SSSR count). The van der Waals surface area contributed by atoms with E-state index < -0.39 is 0 Å².